The van der Waals surface area contributed by atoms with Gasteiger partial charge in [0, 0.05) is 23.6 Å². The van der Waals surface area contributed by atoms with E-state index in [4.69, 9.17) is 11.6 Å². The summed E-state index contributed by atoms with van der Waals surface area (Å²) in [6.07, 6.45) is 3.69. The predicted molar refractivity (Wildman–Crippen MR) is 99.7 cm³/mol. The second kappa shape index (κ2) is 8.59. The highest BCUT2D eigenvalue weighted by Gasteiger charge is 2.21. The lowest BCUT2D eigenvalue weighted by Gasteiger charge is -2.31. The molecule has 1 aliphatic heterocycles. The number of piperidine rings is 1. The van der Waals surface area contributed by atoms with Crippen LogP contribution in [0.15, 0.2) is 48.5 Å². The second-order valence-corrected chi connectivity index (χ2v) is 7.23. The average molecular weight is 360 g/mol. The fourth-order valence-corrected chi connectivity index (χ4v) is 3.49. The van der Waals surface area contributed by atoms with Crippen molar-refractivity contribution in [2.75, 3.05) is 19.6 Å². The van der Waals surface area contributed by atoms with Crippen LogP contribution in [0.1, 0.15) is 35.2 Å². The third kappa shape index (κ3) is 5.38. The molecule has 0 bridgehead atoms. The van der Waals surface area contributed by atoms with Gasteiger partial charge in [0.25, 0.3) is 0 Å². The molecule has 1 fully saturated rings. The van der Waals surface area contributed by atoms with Crippen LogP contribution < -0.4 is 0 Å². The standard InChI is InChI=1S/C21H23ClFNO/c22-19-5-1-16(2-6-19)9-12-24-13-10-17(11-14-24)15-21(25)18-3-7-20(23)8-4-18/h1-8,17H,9-15H2. The Labute approximate surface area is 153 Å². The van der Waals surface area contributed by atoms with Crippen molar-refractivity contribution in [3.8, 4) is 0 Å². The van der Waals surface area contributed by atoms with Gasteiger partial charge in [0.15, 0.2) is 5.78 Å². The summed E-state index contributed by atoms with van der Waals surface area (Å²) in [5.41, 5.74) is 1.92. The number of ketones is 1. The first-order valence-electron chi connectivity index (χ1n) is 8.86. The molecular weight excluding hydrogens is 337 g/mol. The highest BCUT2D eigenvalue weighted by Crippen LogP contribution is 2.23. The second-order valence-electron chi connectivity index (χ2n) is 6.80. The maximum absolute atomic E-state index is 12.9. The number of carbonyl (C=O) groups excluding carboxylic acids is 1. The molecule has 2 aromatic carbocycles. The van der Waals surface area contributed by atoms with E-state index in [-0.39, 0.29) is 11.6 Å². The van der Waals surface area contributed by atoms with Crippen molar-refractivity contribution < 1.29 is 9.18 Å². The van der Waals surface area contributed by atoms with Crippen molar-refractivity contribution in [2.45, 2.75) is 25.7 Å². The lowest BCUT2D eigenvalue weighted by atomic mass is 9.89. The molecule has 0 saturated carbocycles. The van der Waals surface area contributed by atoms with Gasteiger partial charge in [-0.15, -0.1) is 0 Å². The Kier molecular flexibility index (Phi) is 6.22. The largest absolute Gasteiger partial charge is 0.303 e. The number of hydrogen-bond acceptors (Lipinski definition) is 2. The molecule has 0 unspecified atom stereocenters. The smallest absolute Gasteiger partial charge is 0.163 e. The molecule has 0 radical (unpaired) electrons. The predicted octanol–water partition coefficient (Wildman–Crippen LogP) is 5.01. The Hall–Kier alpha value is -1.71. The maximum Gasteiger partial charge on any atom is 0.163 e. The van der Waals surface area contributed by atoms with Crippen LogP contribution in [-0.2, 0) is 6.42 Å². The minimum absolute atomic E-state index is 0.125. The summed E-state index contributed by atoms with van der Waals surface area (Å²) in [6, 6.07) is 13.9. The number of carbonyl (C=O) groups is 1. The topological polar surface area (TPSA) is 20.3 Å². The van der Waals surface area contributed by atoms with E-state index in [0.29, 0.717) is 17.9 Å². The number of nitrogens with zero attached hydrogens (tertiary/aromatic N) is 1. The van der Waals surface area contributed by atoms with Gasteiger partial charge in [-0.05, 0) is 80.2 Å². The van der Waals surface area contributed by atoms with Crippen molar-refractivity contribution >= 4 is 17.4 Å². The fourth-order valence-electron chi connectivity index (χ4n) is 3.37. The quantitative estimate of drug-likeness (QED) is 0.676. The van der Waals surface area contributed by atoms with E-state index in [1.165, 1.54) is 17.7 Å². The third-order valence-electron chi connectivity index (χ3n) is 4.98. The molecule has 0 spiro atoms. The van der Waals surface area contributed by atoms with Gasteiger partial charge in [0.2, 0.25) is 0 Å². The molecular formula is C21H23ClFNO. The Bertz CT molecular complexity index is 691. The summed E-state index contributed by atoms with van der Waals surface area (Å²) >= 11 is 5.91. The van der Waals surface area contributed by atoms with Crippen LogP contribution in [0.2, 0.25) is 5.02 Å². The number of Topliss-reactive ketones (excluding diaryl/α,β-unsaturated/α-hetero) is 1. The first-order chi connectivity index (χ1) is 12.1. The van der Waals surface area contributed by atoms with Crippen molar-refractivity contribution in [1.29, 1.82) is 0 Å². The number of halogens is 2. The van der Waals surface area contributed by atoms with E-state index in [9.17, 15) is 9.18 Å². The molecule has 1 heterocycles. The molecule has 1 saturated heterocycles. The molecule has 0 N–H and O–H groups in total. The average Bonchev–Trinajstić information content (AvgIpc) is 2.63. The number of benzene rings is 2. The molecule has 0 aliphatic carbocycles. The van der Waals surface area contributed by atoms with Crippen LogP contribution in [0.5, 0.6) is 0 Å². The van der Waals surface area contributed by atoms with Crippen LogP contribution in [-0.4, -0.2) is 30.3 Å². The van der Waals surface area contributed by atoms with E-state index in [0.717, 1.165) is 43.9 Å². The van der Waals surface area contributed by atoms with Crippen LogP contribution in [0.4, 0.5) is 4.39 Å². The summed E-state index contributed by atoms with van der Waals surface area (Å²) in [6.45, 7) is 3.12. The summed E-state index contributed by atoms with van der Waals surface area (Å²) in [7, 11) is 0. The van der Waals surface area contributed by atoms with Gasteiger partial charge in [0.1, 0.15) is 5.82 Å². The summed E-state index contributed by atoms with van der Waals surface area (Å²) in [5, 5.41) is 0.774. The summed E-state index contributed by atoms with van der Waals surface area (Å²) in [5.74, 6) is 0.259. The summed E-state index contributed by atoms with van der Waals surface area (Å²) in [4.78, 5) is 14.8. The number of hydrogen-bond donors (Lipinski definition) is 0. The van der Waals surface area contributed by atoms with E-state index in [2.05, 4.69) is 17.0 Å². The molecule has 1 aliphatic rings. The first-order valence-corrected chi connectivity index (χ1v) is 9.23. The van der Waals surface area contributed by atoms with Gasteiger partial charge >= 0.3 is 0 Å². The number of likely N-dealkylation sites (tertiary alicyclic amines) is 1. The van der Waals surface area contributed by atoms with Crippen LogP contribution in [0, 0.1) is 11.7 Å². The number of rotatable bonds is 6. The monoisotopic (exact) mass is 359 g/mol. The molecule has 2 nitrogen and oxygen atoms in total. The Morgan fingerprint density at radius 1 is 1.04 bits per heavy atom. The zero-order valence-corrected chi connectivity index (χ0v) is 15.0. The van der Waals surface area contributed by atoms with E-state index < -0.39 is 0 Å². The van der Waals surface area contributed by atoms with Gasteiger partial charge < -0.3 is 4.90 Å². The SMILES string of the molecule is O=C(CC1CCN(CCc2ccc(Cl)cc2)CC1)c1ccc(F)cc1. The van der Waals surface area contributed by atoms with Crippen molar-refractivity contribution in [1.82, 2.24) is 4.90 Å². The molecule has 3 rings (SSSR count). The lowest BCUT2D eigenvalue weighted by molar-refractivity contribution is 0.0928. The third-order valence-corrected chi connectivity index (χ3v) is 5.23. The molecule has 0 amide bonds. The highest BCUT2D eigenvalue weighted by atomic mass is 35.5. The normalized spacial score (nSPS) is 16.1. The first kappa shape index (κ1) is 18.1. The van der Waals surface area contributed by atoms with Gasteiger partial charge in [-0.2, -0.15) is 0 Å². The van der Waals surface area contributed by atoms with Crippen molar-refractivity contribution in [2.24, 2.45) is 5.92 Å². The maximum atomic E-state index is 12.9. The molecule has 4 heteroatoms. The highest BCUT2D eigenvalue weighted by molar-refractivity contribution is 6.30. The van der Waals surface area contributed by atoms with Gasteiger partial charge in [-0.25, -0.2) is 4.39 Å². The summed E-state index contributed by atoms with van der Waals surface area (Å²) < 4.78 is 12.9. The van der Waals surface area contributed by atoms with E-state index in [1.54, 1.807) is 12.1 Å². The molecule has 0 atom stereocenters. The van der Waals surface area contributed by atoms with Crippen molar-refractivity contribution in [3.05, 3.63) is 70.5 Å². The minimum atomic E-state index is -0.300. The van der Waals surface area contributed by atoms with Crippen LogP contribution >= 0.6 is 11.6 Å². The fraction of sp³-hybridized carbons (Fsp3) is 0.381. The molecule has 2 aromatic rings. The Morgan fingerprint density at radius 3 is 2.32 bits per heavy atom. The Balaban J connectivity index is 1.41. The minimum Gasteiger partial charge on any atom is -0.303 e. The molecule has 0 aromatic heterocycles. The van der Waals surface area contributed by atoms with Gasteiger partial charge in [0.05, 0.1) is 0 Å². The van der Waals surface area contributed by atoms with Crippen LogP contribution in [0.25, 0.3) is 0 Å². The van der Waals surface area contributed by atoms with E-state index in [1.807, 2.05) is 12.1 Å². The molecule has 132 valence electrons. The zero-order valence-electron chi connectivity index (χ0n) is 14.3. The van der Waals surface area contributed by atoms with Gasteiger partial charge in [-0.1, -0.05) is 23.7 Å². The van der Waals surface area contributed by atoms with Crippen LogP contribution in [0.3, 0.4) is 0 Å². The van der Waals surface area contributed by atoms with Gasteiger partial charge in [-0.3, -0.25) is 4.79 Å². The van der Waals surface area contributed by atoms with Crippen molar-refractivity contribution in [3.63, 3.8) is 0 Å². The van der Waals surface area contributed by atoms with E-state index >= 15 is 0 Å². The Morgan fingerprint density at radius 2 is 1.68 bits per heavy atom. The molecule has 25 heavy (non-hydrogen) atoms. The lowest BCUT2D eigenvalue weighted by Crippen LogP contribution is -2.35. The zero-order chi connectivity index (χ0) is 17.6.